The fourth-order valence-corrected chi connectivity index (χ4v) is 20.9. The lowest BCUT2D eigenvalue weighted by Crippen LogP contribution is -2.10. The molecule has 0 saturated carbocycles. The molecule has 0 N–H and O–H groups in total. The molecule has 0 saturated heterocycles. The number of hydrogen-bond acceptors (Lipinski definition) is 3. The molecule has 6 nitrogen and oxygen atoms in total. The minimum Gasteiger partial charge on any atom is -0.310 e. The van der Waals surface area contributed by atoms with Crippen molar-refractivity contribution >= 4 is 181 Å². The van der Waals surface area contributed by atoms with E-state index in [2.05, 4.69) is 574 Å². The maximum atomic E-state index is 2.43. The number of hydrogen-bond donors (Lipinski definition) is 0. The zero-order chi connectivity index (χ0) is 91.4. The average molecular weight is 1760 g/mol. The molecule has 6 heteroatoms. The molecular formula is C132H90N6. The molecule has 0 radical (unpaired) electrons. The van der Waals surface area contributed by atoms with Crippen LogP contribution in [0.3, 0.4) is 0 Å². The van der Waals surface area contributed by atoms with Crippen LogP contribution in [-0.2, 0) is 0 Å². The number of aromatic nitrogens is 3. The number of nitrogens with zero attached hydrogens (tertiary/aromatic N) is 6. The minimum absolute atomic E-state index is 1.11. The number of benzene rings is 24. The van der Waals surface area contributed by atoms with E-state index in [-0.39, 0.29) is 0 Å². The highest BCUT2D eigenvalue weighted by Gasteiger charge is 2.25. The zero-order valence-electron chi connectivity index (χ0n) is 75.6. The van der Waals surface area contributed by atoms with Crippen molar-refractivity contribution < 1.29 is 0 Å². The van der Waals surface area contributed by atoms with Crippen molar-refractivity contribution in [3.05, 3.63) is 546 Å². The molecule has 27 aromatic rings. The first kappa shape index (κ1) is 81.6. The van der Waals surface area contributed by atoms with Gasteiger partial charge in [-0.15, -0.1) is 0 Å². The van der Waals surface area contributed by atoms with Crippen LogP contribution in [0.1, 0.15) is 0 Å². The van der Waals surface area contributed by atoms with E-state index in [1.54, 1.807) is 0 Å². The van der Waals surface area contributed by atoms with Crippen molar-refractivity contribution in [2.24, 2.45) is 0 Å². The van der Waals surface area contributed by atoms with Gasteiger partial charge < -0.3 is 28.4 Å². The molecule has 3 aromatic heterocycles. The Kier molecular flexibility index (Phi) is 20.9. The van der Waals surface area contributed by atoms with E-state index >= 15 is 0 Å². The van der Waals surface area contributed by atoms with Crippen LogP contribution in [0.4, 0.5) is 51.2 Å². The molecule has 648 valence electrons. The van der Waals surface area contributed by atoms with Gasteiger partial charge in [-0.3, -0.25) is 0 Å². The number of fused-ring (bicyclic) bond motifs is 18. The van der Waals surface area contributed by atoms with E-state index in [0.717, 1.165) is 62.6 Å². The summed E-state index contributed by atoms with van der Waals surface area (Å²) in [5, 5.41) is 22.4. The first-order valence-electron chi connectivity index (χ1n) is 47.3. The third-order valence-corrected chi connectivity index (χ3v) is 27.4. The minimum atomic E-state index is 1.11. The van der Waals surface area contributed by atoms with Gasteiger partial charge in [0.15, 0.2) is 0 Å². The monoisotopic (exact) mass is 1760 g/mol. The first-order chi connectivity index (χ1) is 68.5. The SMILES string of the molecule is c1ccc(N(c2ccc(-c3ccc4ccccc4c3)cc2)c2ccc3c(ccc4c5ccccc5n(-c5ccccc5)c34)c2)cc1.c1ccc(N(c2ccc(-c3ccc4ccccc4c3)cc2)c2ccc3ccc4c5ccccc5n(-c5ccccc5)c4c3c2)cc1.c1ccc(N(c2ccc(-c3ccc4ccccc4c3)cc2)c2cccc3ccc4c5ccccc5n(-c5ccccc5)c4c23)cc1. The summed E-state index contributed by atoms with van der Waals surface area (Å²) in [6, 6.07) is 197. The van der Waals surface area contributed by atoms with Gasteiger partial charge >= 0.3 is 0 Å². The van der Waals surface area contributed by atoms with Crippen molar-refractivity contribution in [2.45, 2.75) is 0 Å². The topological polar surface area (TPSA) is 24.5 Å². The summed E-state index contributed by atoms with van der Waals surface area (Å²) in [7, 11) is 0. The molecule has 0 bridgehead atoms. The van der Waals surface area contributed by atoms with Crippen LogP contribution in [0.25, 0.3) is 180 Å². The van der Waals surface area contributed by atoms with E-state index in [9.17, 15) is 0 Å². The van der Waals surface area contributed by atoms with Gasteiger partial charge in [0.05, 0.1) is 38.8 Å². The van der Waals surface area contributed by atoms with E-state index in [4.69, 9.17) is 0 Å². The third kappa shape index (κ3) is 14.9. The van der Waals surface area contributed by atoms with E-state index in [0.29, 0.717) is 0 Å². The Hall–Kier alpha value is -18.4. The van der Waals surface area contributed by atoms with Gasteiger partial charge in [0.2, 0.25) is 0 Å². The summed E-state index contributed by atoms with van der Waals surface area (Å²) >= 11 is 0. The largest absolute Gasteiger partial charge is 0.310 e. The number of anilines is 9. The van der Waals surface area contributed by atoms with Crippen LogP contribution in [0.2, 0.25) is 0 Å². The summed E-state index contributed by atoms with van der Waals surface area (Å²) in [6.45, 7) is 0. The van der Waals surface area contributed by atoms with Crippen LogP contribution < -0.4 is 14.7 Å². The number of rotatable bonds is 15. The molecule has 0 atom stereocenters. The van der Waals surface area contributed by atoms with Gasteiger partial charge in [-0.1, -0.05) is 370 Å². The summed E-state index contributed by atoms with van der Waals surface area (Å²) in [6.07, 6.45) is 0. The highest BCUT2D eigenvalue weighted by molar-refractivity contribution is 6.24. The van der Waals surface area contributed by atoms with Crippen LogP contribution in [-0.4, -0.2) is 13.7 Å². The van der Waals surface area contributed by atoms with Gasteiger partial charge in [-0.2, -0.15) is 0 Å². The first-order valence-corrected chi connectivity index (χ1v) is 47.3. The van der Waals surface area contributed by atoms with E-state index in [1.165, 1.54) is 169 Å². The van der Waals surface area contributed by atoms with E-state index < -0.39 is 0 Å². The maximum Gasteiger partial charge on any atom is 0.0640 e. The molecular weight excluding hydrogens is 1670 g/mol. The van der Waals surface area contributed by atoms with Crippen LogP contribution in [0, 0.1) is 0 Å². The smallest absolute Gasteiger partial charge is 0.0640 e. The predicted molar refractivity (Wildman–Crippen MR) is 588 cm³/mol. The van der Waals surface area contributed by atoms with Gasteiger partial charge in [-0.25, -0.2) is 0 Å². The Balaban J connectivity index is 0.000000110. The summed E-state index contributed by atoms with van der Waals surface area (Å²) < 4.78 is 7.26. The fraction of sp³-hybridized carbons (Fsp3) is 0. The summed E-state index contributed by atoms with van der Waals surface area (Å²) in [5.41, 5.74) is 28.2. The molecule has 0 spiro atoms. The molecule has 3 heterocycles. The third-order valence-electron chi connectivity index (χ3n) is 27.4. The van der Waals surface area contributed by atoms with Crippen molar-refractivity contribution in [3.8, 4) is 50.4 Å². The van der Waals surface area contributed by atoms with Crippen molar-refractivity contribution in [1.29, 1.82) is 0 Å². The van der Waals surface area contributed by atoms with Gasteiger partial charge in [0.1, 0.15) is 0 Å². The summed E-state index contributed by atoms with van der Waals surface area (Å²) in [5.74, 6) is 0. The molecule has 27 rings (SSSR count). The molecule has 0 fully saturated rings. The second-order valence-corrected chi connectivity index (χ2v) is 35.5. The second kappa shape index (κ2) is 35.3. The Morgan fingerprint density at radius 3 is 0.833 bits per heavy atom. The Bertz CT molecular complexity index is 9230. The standard InChI is InChI=1S/3C44H30N2/c1-3-15-36(16-4-1)45(38-27-24-32(25-28-38)35-23-22-31-12-7-8-13-34(31)30-35)42-21-11-14-33-26-29-40-39-19-9-10-20-41(39)46(44(40)43(33)42)37-17-5-2-6-18-37;1-3-13-36(14-4-1)45(38-25-21-32(22-26-38)35-20-19-31-11-7-8-12-34(31)29-35)39-27-23-33-24-28-41-40-17-9-10-18-43(40)46(44(41)42(33)30-39)37-15-5-2-6-16-37;1-3-13-36(14-4-1)45(38-24-21-32(22-25-38)34-20-19-31-11-7-8-12-33(31)29-34)39-26-28-40-35(30-39)23-27-42-41-17-9-10-18-43(41)46(44(40)42)37-15-5-2-6-16-37/h3*1-30H. The predicted octanol–water partition coefficient (Wildman–Crippen LogP) is 36.7. The average Bonchev–Trinajstić information content (AvgIpc) is 1.55. The highest BCUT2D eigenvalue weighted by Crippen LogP contribution is 2.49. The zero-order valence-corrected chi connectivity index (χ0v) is 75.6. The fourth-order valence-electron chi connectivity index (χ4n) is 20.9. The Morgan fingerprint density at radius 1 is 0.130 bits per heavy atom. The molecule has 138 heavy (non-hydrogen) atoms. The van der Waals surface area contributed by atoms with Gasteiger partial charge in [0.25, 0.3) is 0 Å². The van der Waals surface area contributed by atoms with Gasteiger partial charge in [-0.05, 0) is 258 Å². The van der Waals surface area contributed by atoms with Gasteiger partial charge in [0, 0.05) is 111 Å². The molecule has 0 aliphatic rings. The molecule has 0 amide bonds. The lowest BCUT2D eigenvalue weighted by Gasteiger charge is -2.27. The maximum absolute atomic E-state index is 2.43. The molecule has 24 aromatic carbocycles. The lowest BCUT2D eigenvalue weighted by atomic mass is 10.00. The quantitative estimate of drug-likeness (QED) is 0.102. The normalized spacial score (nSPS) is 11.5. The van der Waals surface area contributed by atoms with Crippen LogP contribution in [0.15, 0.2) is 546 Å². The highest BCUT2D eigenvalue weighted by atomic mass is 15.2. The number of para-hydroxylation sites is 9. The van der Waals surface area contributed by atoms with Crippen LogP contribution >= 0.6 is 0 Å². The van der Waals surface area contributed by atoms with Crippen molar-refractivity contribution in [1.82, 2.24) is 13.7 Å². The Labute approximate surface area is 800 Å². The van der Waals surface area contributed by atoms with Crippen molar-refractivity contribution in [2.75, 3.05) is 14.7 Å². The van der Waals surface area contributed by atoms with Crippen molar-refractivity contribution in [3.63, 3.8) is 0 Å². The lowest BCUT2D eigenvalue weighted by molar-refractivity contribution is 1.18. The molecule has 0 aliphatic heterocycles. The molecule has 0 aliphatic carbocycles. The second-order valence-electron chi connectivity index (χ2n) is 35.5. The van der Waals surface area contributed by atoms with Crippen LogP contribution in [0.5, 0.6) is 0 Å². The summed E-state index contributed by atoms with van der Waals surface area (Å²) in [4.78, 5) is 7.11. The molecule has 0 unspecified atom stereocenters. The Morgan fingerprint density at radius 2 is 0.406 bits per heavy atom. The van der Waals surface area contributed by atoms with E-state index in [1.807, 2.05) is 0 Å².